The number of nitrogens with zero attached hydrogens (tertiary/aromatic N) is 3. The SMILES string of the molecule is CCC(C)n1ccc(CC(NN)C2(N(C)C)CCCC2)n1. The normalized spacial score (nSPS) is 20.9. The molecule has 2 unspecified atom stereocenters. The number of nitrogens with two attached hydrogens (primary N) is 1. The van der Waals surface area contributed by atoms with Crippen LogP contribution in [-0.4, -0.2) is 40.4 Å². The Kier molecular flexibility index (Phi) is 5.41. The van der Waals surface area contributed by atoms with Crippen molar-refractivity contribution in [2.24, 2.45) is 5.84 Å². The standard InChI is InChI=1S/C16H31N5/c1-5-13(2)21-11-8-14(19-21)12-15(18-17)16(20(3)4)9-6-7-10-16/h8,11,13,15,18H,5-7,9-10,12,17H2,1-4H3. The van der Waals surface area contributed by atoms with E-state index >= 15 is 0 Å². The maximum atomic E-state index is 5.90. The highest BCUT2D eigenvalue weighted by Gasteiger charge is 2.42. The van der Waals surface area contributed by atoms with Crippen LogP contribution < -0.4 is 11.3 Å². The summed E-state index contributed by atoms with van der Waals surface area (Å²) in [5.41, 5.74) is 4.37. The fraction of sp³-hybridized carbons (Fsp3) is 0.812. The van der Waals surface area contributed by atoms with Gasteiger partial charge in [-0.2, -0.15) is 5.10 Å². The molecule has 0 bridgehead atoms. The second kappa shape index (κ2) is 6.90. The third-order valence-electron chi connectivity index (χ3n) is 5.33. The zero-order valence-electron chi connectivity index (χ0n) is 14.0. The molecule has 2 atom stereocenters. The highest BCUT2D eigenvalue weighted by molar-refractivity contribution is 5.09. The molecular formula is C16H31N5. The summed E-state index contributed by atoms with van der Waals surface area (Å²) in [7, 11) is 4.35. The number of aromatic nitrogens is 2. The molecule has 0 radical (unpaired) electrons. The Morgan fingerprint density at radius 1 is 1.43 bits per heavy atom. The molecule has 1 fully saturated rings. The van der Waals surface area contributed by atoms with Crippen LogP contribution in [-0.2, 0) is 6.42 Å². The number of likely N-dealkylation sites (N-methyl/N-ethyl adjacent to an activating group) is 1. The van der Waals surface area contributed by atoms with Gasteiger partial charge in [0.05, 0.1) is 5.69 Å². The van der Waals surface area contributed by atoms with Gasteiger partial charge in [0, 0.05) is 30.2 Å². The molecule has 5 nitrogen and oxygen atoms in total. The molecule has 0 aliphatic heterocycles. The zero-order valence-corrected chi connectivity index (χ0v) is 14.0. The van der Waals surface area contributed by atoms with Gasteiger partial charge in [-0.25, -0.2) is 0 Å². The Bertz CT molecular complexity index is 434. The molecule has 3 N–H and O–H groups in total. The molecule has 120 valence electrons. The van der Waals surface area contributed by atoms with E-state index in [9.17, 15) is 0 Å². The van der Waals surface area contributed by atoms with Crippen molar-refractivity contribution in [3.63, 3.8) is 0 Å². The molecule has 0 saturated heterocycles. The number of rotatable bonds is 7. The van der Waals surface area contributed by atoms with E-state index in [-0.39, 0.29) is 11.6 Å². The van der Waals surface area contributed by atoms with Crippen LogP contribution in [0, 0.1) is 0 Å². The van der Waals surface area contributed by atoms with E-state index in [1.54, 1.807) is 0 Å². The fourth-order valence-corrected chi connectivity index (χ4v) is 3.63. The Morgan fingerprint density at radius 2 is 2.10 bits per heavy atom. The van der Waals surface area contributed by atoms with Crippen LogP contribution in [0.25, 0.3) is 0 Å². The first-order valence-corrected chi connectivity index (χ1v) is 8.21. The molecule has 1 heterocycles. The van der Waals surface area contributed by atoms with Gasteiger partial charge in [-0.05, 0) is 46.3 Å². The van der Waals surface area contributed by atoms with E-state index in [0.717, 1.165) is 18.5 Å². The van der Waals surface area contributed by atoms with E-state index in [1.165, 1.54) is 25.7 Å². The zero-order chi connectivity index (χ0) is 15.5. The van der Waals surface area contributed by atoms with Gasteiger partial charge in [0.25, 0.3) is 0 Å². The van der Waals surface area contributed by atoms with E-state index in [2.05, 4.69) is 55.2 Å². The van der Waals surface area contributed by atoms with Crippen molar-refractivity contribution in [2.45, 2.75) is 70.0 Å². The van der Waals surface area contributed by atoms with Crippen LogP contribution in [0.1, 0.15) is 57.7 Å². The smallest absolute Gasteiger partial charge is 0.0641 e. The molecule has 0 amide bonds. The van der Waals surface area contributed by atoms with Crippen molar-refractivity contribution in [2.75, 3.05) is 14.1 Å². The Hall–Kier alpha value is -0.910. The lowest BCUT2D eigenvalue weighted by Crippen LogP contribution is -2.60. The van der Waals surface area contributed by atoms with Gasteiger partial charge >= 0.3 is 0 Å². The van der Waals surface area contributed by atoms with Gasteiger partial charge in [0.1, 0.15) is 0 Å². The number of hydrazine groups is 1. The van der Waals surface area contributed by atoms with E-state index in [0.29, 0.717) is 6.04 Å². The molecule has 1 aliphatic rings. The topological polar surface area (TPSA) is 59.1 Å². The lowest BCUT2D eigenvalue weighted by atomic mass is 9.84. The molecule has 1 saturated carbocycles. The van der Waals surface area contributed by atoms with Gasteiger partial charge in [0.2, 0.25) is 0 Å². The maximum Gasteiger partial charge on any atom is 0.0641 e. The molecule has 0 spiro atoms. The molecule has 5 heteroatoms. The van der Waals surface area contributed by atoms with E-state index < -0.39 is 0 Å². The van der Waals surface area contributed by atoms with Gasteiger partial charge in [-0.3, -0.25) is 16.0 Å². The van der Waals surface area contributed by atoms with Crippen LogP contribution in [0.3, 0.4) is 0 Å². The minimum atomic E-state index is 0.162. The number of hydrogen-bond acceptors (Lipinski definition) is 4. The van der Waals surface area contributed by atoms with Crippen molar-refractivity contribution >= 4 is 0 Å². The molecular weight excluding hydrogens is 262 g/mol. The van der Waals surface area contributed by atoms with Crippen LogP contribution in [0.15, 0.2) is 12.3 Å². The van der Waals surface area contributed by atoms with Gasteiger partial charge in [-0.15, -0.1) is 0 Å². The average Bonchev–Trinajstić information content (AvgIpc) is 3.13. The molecule has 1 aliphatic carbocycles. The third kappa shape index (κ3) is 3.30. The van der Waals surface area contributed by atoms with Crippen molar-refractivity contribution in [1.29, 1.82) is 0 Å². The third-order valence-corrected chi connectivity index (χ3v) is 5.33. The van der Waals surface area contributed by atoms with Gasteiger partial charge < -0.3 is 4.90 Å². The maximum absolute atomic E-state index is 5.90. The summed E-state index contributed by atoms with van der Waals surface area (Å²) in [5.74, 6) is 5.90. The minimum absolute atomic E-state index is 0.162. The molecule has 21 heavy (non-hydrogen) atoms. The van der Waals surface area contributed by atoms with E-state index in [1.807, 2.05) is 0 Å². The lowest BCUT2D eigenvalue weighted by molar-refractivity contribution is 0.104. The minimum Gasteiger partial charge on any atom is -0.302 e. The molecule has 1 aromatic rings. The first kappa shape index (κ1) is 16.5. The summed E-state index contributed by atoms with van der Waals surface area (Å²) in [6.07, 6.45) is 9.07. The molecule has 1 aromatic heterocycles. The second-order valence-electron chi connectivity index (χ2n) is 6.67. The quantitative estimate of drug-likeness (QED) is 0.597. The van der Waals surface area contributed by atoms with Crippen molar-refractivity contribution in [3.05, 3.63) is 18.0 Å². The summed E-state index contributed by atoms with van der Waals surface area (Å²) in [6.45, 7) is 4.39. The van der Waals surface area contributed by atoms with Crippen LogP contribution >= 0.6 is 0 Å². The molecule has 0 aromatic carbocycles. The number of nitrogens with one attached hydrogen (secondary N) is 1. The number of hydrogen-bond donors (Lipinski definition) is 2. The first-order chi connectivity index (χ1) is 10.0. The average molecular weight is 293 g/mol. The highest BCUT2D eigenvalue weighted by Crippen LogP contribution is 2.37. The second-order valence-corrected chi connectivity index (χ2v) is 6.67. The van der Waals surface area contributed by atoms with Gasteiger partial charge in [-0.1, -0.05) is 19.8 Å². The van der Waals surface area contributed by atoms with Crippen molar-refractivity contribution in [3.8, 4) is 0 Å². The summed E-state index contributed by atoms with van der Waals surface area (Å²) >= 11 is 0. The highest BCUT2D eigenvalue weighted by atomic mass is 15.3. The molecule has 2 rings (SSSR count). The van der Waals surface area contributed by atoms with Crippen LogP contribution in [0.2, 0.25) is 0 Å². The van der Waals surface area contributed by atoms with E-state index in [4.69, 9.17) is 10.9 Å². The van der Waals surface area contributed by atoms with Crippen LogP contribution in [0.4, 0.5) is 0 Å². The summed E-state index contributed by atoms with van der Waals surface area (Å²) in [5, 5.41) is 4.73. The summed E-state index contributed by atoms with van der Waals surface area (Å²) < 4.78 is 2.07. The largest absolute Gasteiger partial charge is 0.302 e. The predicted molar refractivity (Wildman–Crippen MR) is 86.9 cm³/mol. The Morgan fingerprint density at radius 3 is 2.62 bits per heavy atom. The van der Waals surface area contributed by atoms with Crippen molar-refractivity contribution < 1.29 is 0 Å². The summed E-state index contributed by atoms with van der Waals surface area (Å²) in [6, 6.07) is 2.84. The summed E-state index contributed by atoms with van der Waals surface area (Å²) in [4.78, 5) is 2.36. The monoisotopic (exact) mass is 293 g/mol. The fourth-order valence-electron chi connectivity index (χ4n) is 3.63. The van der Waals surface area contributed by atoms with Crippen molar-refractivity contribution in [1.82, 2.24) is 20.1 Å². The Balaban J connectivity index is 2.13. The first-order valence-electron chi connectivity index (χ1n) is 8.21. The lowest BCUT2D eigenvalue weighted by Gasteiger charge is -2.42. The van der Waals surface area contributed by atoms with Gasteiger partial charge in [0.15, 0.2) is 0 Å². The van der Waals surface area contributed by atoms with Crippen LogP contribution in [0.5, 0.6) is 0 Å². The Labute approximate surface area is 128 Å². The predicted octanol–water partition coefficient (Wildman–Crippen LogP) is 2.10.